The Bertz CT molecular complexity index is 422. The van der Waals surface area contributed by atoms with E-state index in [2.05, 4.69) is 5.32 Å². The summed E-state index contributed by atoms with van der Waals surface area (Å²) in [6.07, 6.45) is 3.24. The summed E-state index contributed by atoms with van der Waals surface area (Å²) in [5, 5.41) is 3.64. The third kappa shape index (κ3) is 4.11. The second-order valence-electron chi connectivity index (χ2n) is 4.84. The molecule has 1 fully saturated rings. The largest absolute Gasteiger partial charge is 0.484 e. The van der Waals surface area contributed by atoms with E-state index >= 15 is 0 Å². The maximum absolute atomic E-state index is 11.8. The molecule has 3 N–H and O–H groups in total. The monoisotopic (exact) mass is 282 g/mol. The van der Waals surface area contributed by atoms with Gasteiger partial charge in [-0.3, -0.25) is 4.79 Å². The Morgan fingerprint density at radius 1 is 1.37 bits per heavy atom. The van der Waals surface area contributed by atoms with E-state index in [4.69, 9.17) is 22.1 Å². The van der Waals surface area contributed by atoms with E-state index in [0.717, 1.165) is 19.3 Å². The number of nitrogens with one attached hydrogen (secondary N) is 1. The summed E-state index contributed by atoms with van der Waals surface area (Å²) in [6.45, 7) is 0.651. The number of rotatable bonds is 5. The van der Waals surface area contributed by atoms with Crippen molar-refractivity contribution in [1.29, 1.82) is 0 Å². The first-order chi connectivity index (χ1) is 9.19. The lowest BCUT2D eigenvalue weighted by atomic mass is 10.0. The van der Waals surface area contributed by atoms with Crippen LogP contribution in [0.5, 0.6) is 5.75 Å². The first-order valence-electron chi connectivity index (χ1n) is 6.57. The number of ether oxygens (including phenoxy) is 1. The van der Waals surface area contributed by atoms with Gasteiger partial charge in [-0.15, -0.1) is 0 Å². The number of halogens is 1. The highest BCUT2D eigenvalue weighted by molar-refractivity contribution is 6.30. The zero-order valence-electron chi connectivity index (χ0n) is 10.8. The lowest BCUT2D eigenvalue weighted by Gasteiger charge is -2.19. The topological polar surface area (TPSA) is 64.3 Å². The van der Waals surface area contributed by atoms with Crippen molar-refractivity contribution in [2.45, 2.75) is 25.3 Å². The minimum atomic E-state index is -0.0969. The minimum Gasteiger partial charge on any atom is -0.484 e. The van der Waals surface area contributed by atoms with Gasteiger partial charge in [-0.25, -0.2) is 0 Å². The van der Waals surface area contributed by atoms with Crippen molar-refractivity contribution < 1.29 is 9.53 Å². The summed E-state index contributed by atoms with van der Waals surface area (Å²) in [7, 11) is 0. The Hall–Kier alpha value is -1.26. The van der Waals surface area contributed by atoms with Crippen LogP contribution in [0.3, 0.4) is 0 Å². The number of nitrogens with two attached hydrogens (primary N) is 1. The Morgan fingerprint density at radius 3 is 2.79 bits per heavy atom. The van der Waals surface area contributed by atoms with Crippen molar-refractivity contribution >= 4 is 17.5 Å². The van der Waals surface area contributed by atoms with Crippen LogP contribution in [0.25, 0.3) is 0 Å². The van der Waals surface area contributed by atoms with Gasteiger partial charge in [0.25, 0.3) is 5.91 Å². The van der Waals surface area contributed by atoms with Crippen LogP contribution in [0.2, 0.25) is 5.02 Å². The summed E-state index contributed by atoms with van der Waals surface area (Å²) < 4.78 is 5.40. The van der Waals surface area contributed by atoms with Crippen LogP contribution in [0.4, 0.5) is 0 Å². The Kier molecular flexibility index (Phi) is 5.05. The lowest BCUT2D eigenvalue weighted by Crippen LogP contribution is -2.42. The standard InChI is InChI=1S/C14H19ClN2O2/c15-11-4-6-12(7-5-11)19-9-14(18)17-13-3-1-2-10(13)8-16/h4-7,10,13H,1-3,8-9,16H2,(H,17,18). The second-order valence-corrected chi connectivity index (χ2v) is 5.28. The molecule has 2 rings (SSSR count). The summed E-state index contributed by atoms with van der Waals surface area (Å²) in [5.41, 5.74) is 5.68. The van der Waals surface area contributed by atoms with Crippen LogP contribution >= 0.6 is 11.6 Å². The summed E-state index contributed by atoms with van der Waals surface area (Å²) >= 11 is 5.77. The van der Waals surface area contributed by atoms with E-state index < -0.39 is 0 Å². The van der Waals surface area contributed by atoms with E-state index in [-0.39, 0.29) is 18.6 Å². The molecule has 0 bridgehead atoms. The fourth-order valence-corrected chi connectivity index (χ4v) is 2.56. The molecule has 0 saturated heterocycles. The van der Waals surface area contributed by atoms with Crippen LogP contribution in [-0.4, -0.2) is 25.1 Å². The molecule has 1 saturated carbocycles. The molecule has 104 valence electrons. The predicted octanol–water partition coefficient (Wildman–Crippen LogP) is 1.96. The third-order valence-corrected chi connectivity index (χ3v) is 3.74. The van der Waals surface area contributed by atoms with Crippen molar-refractivity contribution in [3.8, 4) is 5.75 Å². The van der Waals surface area contributed by atoms with Gasteiger partial charge in [0.15, 0.2) is 6.61 Å². The Balaban J connectivity index is 1.77. The molecule has 2 atom stereocenters. The lowest BCUT2D eigenvalue weighted by molar-refractivity contribution is -0.124. The Morgan fingerprint density at radius 2 is 2.11 bits per heavy atom. The van der Waals surface area contributed by atoms with Gasteiger partial charge in [0.2, 0.25) is 0 Å². The highest BCUT2D eigenvalue weighted by atomic mass is 35.5. The minimum absolute atomic E-state index is 0.0232. The van der Waals surface area contributed by atoms with E-state index in [0.29, 0.717) is 23.2 Å². The summed E-state index contributed by atoms with van der Waals surface area (Å²) in [5.74, 6) is 0.945. The van der Waals surface area contributed by atoms with Gasteiger partial charge in [0.1, 0.15) is 5.75 Å². The molecular formula is C14H19ClN2O2. The highest BCUT2D eigenvalue weighted by Crippen LogP contribution is 2.24. The maximum atomic E-state index is 11.8. The van der Waals surface area contributed by atoms with E-state index in [1.54, 1.807) is 24.3 Å². The van der Waals surface area contributed by atoms with E-state index in [1.807, 2.05) is 0 Å². The van der Waals surface area contributed by atoms with E-state index in [1.165, 1.54) is 0 Å². The smallest absolute Gasteiger partial charge is 0.258 e. The first kappa shape index (κ1) is 14.2. The molecule has 0 aliphatic heterocycles. The SMILES string of the molecule is NCC1CCCC1NC(=O)COc1ccc(Cl)cc1. The van der Waals surface area contributed by atoms with Gasteiger partial charge in [-0.1, -0.05) is 18.0 Å². The molecular weight excluding hydrogens is 264 g/mol. The molecule has 0 radical (unpaired) electrons. The average Bonchev–Trinajstić information content (AvgIpc) is 2.85. The molecule has 1 aromatic rings. The number of benzene rings is 1. The molecule has 4 nitrogen and oxygen atoms in total. The molecule has 1 amide bonds. The van der Waals surface area contributed by atoms with Crippen molar-refractivity contribution in [2.24, 2.45) is 11.7 Å². The molecule has 0 heterocycles. The number of amides is 1. The van der Waals surface area contributed by atoms with Gasteiger partial charge in [-0.05, 0) is 49.6 Å². The normalized spacial score (nSPS) is 22.2. The van der Waals surface area contributed by atoms with Crippen LogP contribution in [0, 0.1) is 5.92 Å². The molecule has 0 aromatic heterocycles. The van der Waals surface area contributed by atoms with Crippen LogP contribution in [0.1, 0.15) is 19.3 Å². The van der Waals surface area contributed by atoms with Gasteiger partial charge < -0.3 is 15.8 Å². The Labute approximate surface area is 118 Å². The van der Waals surface area contributed by atoms with Crippen molar-refractivity contribution in [2.75, 3.05) is 13.2 Å². The number of hydrogen-bond acceptors (Lipinski definition) is 3. The average molecular weight is 283 g/mol. The van der Waals surface area contributed by atoms with Gasteiger partial charge in [0.05, 0.1) is 0 Å². The van der Waals surface area contributed by atoms with Crippen LogP contribution in [-0.2, 0) is 4.79 Å². The van der Waals surface area contributed by atoms with Crippen molar-refractivity contribution in [3.63, 3.8) is 0 Å². The number of carbonyl (C=O) groups is 1. The molecule has 1 aliphatic carbocycles. The summed E-state index contributed by atoms with van der Waals surface area (Å²) in [4.78, 5) is 11.8. The van der Waals surface area contributed by atoms with Crippen molar-refractivity contribution in [1.82, 2.24) is 5.32 Å². The molecule has 0 spiro atoms. The van der Waals surface area contributed by atoms with Crippen LogP contribution < -0.4 is 15.8 Å². The highest BCUT2D eigenvalue weighted by Gasteiger charge is 2.27. The molecule has 2 unspecified atom stereocenters. The second kappa shape index (κ2) is 6.78. The van der Waals surface area contributed by atoms with Gasteiger partial charge in [0, 0.05) is 11.1 Å². The third-order valence-electron chi connectivity index (χ3n) is 3.49. The quantitative estimate of drug-likeness (QED) is 0.868. The number of carbonyl (C=O) groups excluding carboxylic acids is 1. The van der Waals surface area contributed by atoms with Gasteiger partial charge in [-0.2, -0.15) is 0 Å². The molecule has 5 heteroatoms. The first-order valence-corrected chi connectivity index (χ1v) is 6.94. The zero-order chi connectivity index (χ0) is 13.7. The maximum Gasteiger partial charge on any atom is 0.258 e. The zero-order valence-corrected chi connectivity index (χ0v) is 11.5. The van der Waals surface area contributed by atoms with Gasteiger partial charge >= 0.3 is 0 Å². The van der Waals surface area contributed by atoms with E-state index in [9.17, 15) is 4.79 Å². The van der Waals surface area contributed by atoms with Crippen molar-refractivity contribution in [3.05, 3.63) is 29.3 Å². The fourth-order valence-electron chi connectivity index (χ4n) is 2.44. The molecule has 1 aliphatic rings. The molecule has 1 aromatic carbocycles. The van der Waals surface area contributed by atoms with Crippen LogP contribution in [0.15, 0.2) is 24.3 Å². The summed E-state index contributed by atoms with van der Waals surface area (Å²) in [6, 6.07) is 7.15. The molecule has 19 heavy (non-hydrogen) atoms. The predicted molar refractivity (Wildman–Crippen MR) is 75.3 cm³/mol. The fraction of sp³-hybridized carbons (Fsp3) is 0.500. The number of hydrogen-bond donors (Lipinski definition) is 2.